The van der Waals surface area contributed by atoms with Gasteiger partial charge in [0.25, 0.3) is 5.91 Å². The van der Waals surface area contributed by atoms with Gasteiger partial charge in [-0.2, -0.15) is 0 Å². The van der Waals surface area contributed by atoms with Crippen LogP contribution in [0.4, 0.5) is 0 Å². The Bertz CT molecular complexity index is 488. The van der Waals surface area contributed by atoms with Crippen molar-refractivity contribution in [2.45, 2.75) is 32.9 Å². The van der Waals surface area contributed by atoms with Crippen molar-refractivity contribution in [2.24, 2.45) is 11.7 Å². The Morgan fingerprint density at radius 1 is 1.29 bits per heavy atom. The molecule has 1 aromatic rings. The highest BCUT2D eigenvalue weighted by Crippen LogP contribution is 2.20. The van der Waals surface area contributed by atoms with E-state index in [2.05, 4.69) is 0 Å². The van der Waals surface area contributed by atoms with Crippen LogP contribution >= 0.6 is 0 Å². The Balaban J connectivity index is 2.85. The number of carbonyl (C=O) groups is 2. The molecule has 0 saturated heterocycles. The number of hydrogen-bond donors (Lipinski definition) is 1. The molecule has 1 rings (SSSR count). The topological polar surface area (TPSA) is 72.6 Å². The minimum absolute atomic E-state index is 0.106. The molecule has 0 saturated carbocycles. The number of ether oxygens (including phenoxy) is 1. The van der Waals surface area contributed by atoms with Crippen molar-refractivity contribution < 1.29 is 14.3 Å². The molecule has 0 spiro atoms. The van der Waals surface area contributed by atoms with Gasteiger partial charge in [-0.25, -0.2) is 4.79 Å². The average molecular weight is 292 g/mol. The summed E-state index contributed by atoms with van der Waals surface area (Å²) in [4.78, 5) is 26.2. The maximum absolute atomic E-state index is 12.4. The van der Waals surface area contributed by atoms with Crippen LogP contribution in [0.25, 0.3) is 0 Å². The molecule has 0 fully saturated rings. The van der Waals surface area contributed by atoms with Crippen molar-refractivity contribution >= 4 is 11.9 Å². The summed E-state index contributed by atoms with van der Waals surface area (Å²) in [5.41, 5.74) is 5.30. The highest BCUT2D eigenvalue weighted by atomic mass is 16.5. The fourth-order valence-electron chi connectivity index (χ4n) is 1.87. The van der Waals surface area contributed by atoms with Crippen LogP contribution in [0.2, 0.25) is 0 Å². The highest BCUT2D eigenvalue weighted by Gasteiger charge is 2.47. The summed E-state index contributed by atoms with van der Waals surface area (Å²) >= 11 is 0. The lowest BCUT2D eigenvalue weighted by Crippen LogP contribution is -2.63. The Hall–Kier alpha value is -1.88. The molecule has 1 atom stereocenters. The van der Waals surface area contributed by atoms with Crippen molar-refractivity contribution in [1.82, 2.24) is 4.90 Å². The fourth-order valence-corrected chi connectivity index (χ4v) is 1.87. The average Bonchev–Trinajstić information content (AvgIpc) is 2.50. The van der Waals surface area contributed by atoms with Crippen LogP contribution in [0.1, 0.15) is 26.3 Å². The molecule has 116 valence electrons. The summed E-state index contributed by atoms with van der Waals surface area (Å²) in [7, 11) is 1.62. The van der Waals surface area contributed by atoms with E-state index in [0.717, 1.165) is 5.56 Å². The van der Waals surface area contributed by atoms with E-state index in [9.17, 15) is 9.59 Å². The van der Waals surface area contributed by atoms with Gasteiger partial charge in [0.2, 0.25) is 0 Å². The molecule has 1 aromatic carbocycles. The van der Waals surface area contributed by atoms with Crippen LogP contribution in [0.15, 0.2) is 30.3 Å². The first-order valence-corrected chi connectivity index (χ1v) is 7.09. The maximum atomic E-state index is 12.4. The van der Waals surface area contributed by atoms with Crippen molar-refractivity contribution in [3.63, 3.8) is 0 Å². The van der Waals surface area contributed by atoms with Crippen LogP contribution in [0.5, 0.6) is 0 Å². The number of esters is 1. The second kappa shape index (κ2) is 7.22. The molecule has 0 radical (unpaired) electrons. The number of hydrogen-bond acceptors (Lipinski definition) is 4. The lowest BCUT2D eigenvalue weighted by molar-refractivity contribution is -0.161. The van der Waals surface area contributed by atoms with Crippen molar-refractivity contribution in [1.29, 1.82) is 0 Å². The number of rotatable bonds is 6. The van der Waals surface area contributed by atoms with E-state index in [1.54, 1.807) is 20.9 Å². The van der Waals surface area contributed by atoms with Gasteiger partial charge in [0.15, 0.2) is 5.54 Å². The Morgan fingerprint density at radius 3 is 2.33 bits per heavy atom. The number of carbonyl (C=O) groups excluding carboxylic acids is 2. The molecule has 21 heavy (non-hydrogen) atoms. The number of nitrogens with two attached hydrogens (primary N) is 1. The van der Waals surface area contributed by atoms with Crippen LogP contribution < -0.4 is 5.73 Å². The molecule has 5 nitrogen and oxygen atoms in total. The standard InChI is InChI=1S/C16H24N2O3/c1-5-18(4)14(19)16(17,12(2)3)15(20)21-11-13-9-7-6-8-10-13/h6-10,12H,5,11,17H2,1-4H3/t16-/m0/s1. The molecule has 0 aliphatic carbocycles. The number of nitrogens with zero attached hydrogens (tertiary/aromatic N) is 1. The van der Waals surface area contributed by atoms with Crippen LogP contribution in [-0.4, -0.2) is 35.9 Å². The molecule has 0 heterocycles. The van der Waals surface area contributed by atoms with E-state index < -0.39 is 17.4 Å². The lowest BCUT2D eigenvalue weighted by atomic mass is 9.86. The Morgan fingerprint density at radius 2 is 1.86 bits per heavy atom. The molecule has 5 heteroatoms. The van der Waals surface area contributed by atoms with E-state index in [4.69, 9.17) is 10.5 Å². The Labute approximate surface area is 126 Å². The second-order valence-corrected chi connectivity index (χ2v) is 5.40. The summed E-state index contributed by atoms with van der Waals surface area (Å²) in [6.45, 7) is 5.90. The molecular weight excluding hydrogens is 268 g/mol. The van der Waals surface area contributed by atoms with Gasteiger partial charge in [0.05, 0.1) is 0 Å². The van der Waals surface area contributed by atoms with Gasteiger partial charge in [-0.15, -0.1) is 0 Å². The van der Waals surface area contributed by atoms with Crippen molar-refractivity contribution in [3.8, 4) is 0 Å². The summed E-state index contributed by atoms with van der Waals surface area (Å²) in [5.74, 6) is -1.47. The lowest BCUT2D eigenvalue weighted by Gasteiger charge is -2.33. The fraction of sp³-hybridized carbons (Fsp3) is 0.500. The second-order valence-electron chi connectivity index (χ2n) is 5.40. The molecule has 0 aliphatic rings. The van der Waals surface area contributed by atoms with Crippen LogP contribution in [0.3, 0.4) is 0 Å². The SMILES string of the molecule is CCN(C)C(=O)[C@](N)(C(=O)OCc1ccccc1)C(C)C. The first-order chi connectivity index (χ1) is 9.83. The van der Waals surface area contributed by atoms with Crippen LogP contribution in [0, 0.1) is 5.92 Å². The largest absolute Gasteiger partial charge is 0.459 e. The van der Waals surface area contributed by atoms with E-state index in [-0.39, 0.29) is 12.5 Å². The van der Waals surface area contributed by atoms with Gasteiger partial charge in [-0.05, 0) is 18.4 Å². The summed E-state index contributed by atoms with van der Waals surface area (Å²) in [6, 6.07) is 9.29. The van der Waals surface area contributed by atoms with E-state index in [1.807, 2.05) is 37.3 Å². The molecule has 0 bridgehead atoms. The minimum atomic E-state index is -1.65. The zero-order valence-corrected chi connectivity index (χ0v) is 13.1. The first-order valence-electron chi connectivity index (χ1n) is 7.09. The summed E-state index contributed by atoms with van der Waals surface area (Å²) in [5, 5.41) is 0. The van der Waals surface area contributed by atoms with Crippen molar-refractivity contribution in [3.05, 3.63) is 35.9 Å². The van der Waals surface area contributed by atoms with E-state index in [0.29, 0.717) is 6.54 Å². The third-order valence-electron chi connectivity index (χ3n) is 3.64. The van der Waals surface area contributed by atoms with Gasteiger partial charge in [-0.3, -0.25) is 4.79 Å². The molecule has 0 aromatic heterocycles. The highest BCUT2D eigenvalue weighted by molar-refractivity contribution is 6.07. The van der Waals surface area contributed by atoms with E-state index in [1.165, 1.54) is 4.90 Å². The molecule has 1 amide bonds. The first kappa shape index (κ1) is 17.2. The zero-order valence-electron chi connectivity index (χ0n) is 13.1. The van der Waals surface area contributed by atoms with Crippen LogP contribution in [-0.2, 0) is 20.9 Å². The monoisotopic (exact) mass is 292 g/mol. The maximum Gasteiger partial charge on any atom is 0.336 e. The zero-order chi connectivity index (χ0) is 16.0. The minimum Gasteiger partial charge on any atom is -0.459 e. The molecular formula is C16H24N2O3. The molecule has 2 N–H and O–H groups in total. The number of likely N-dealkylation sites (N-methyl/N-ethyl adjacent to an activating group) is 1. The predicted molar refractivity (Wildman–Crippen MR) is 81.3 cm³/mol. The molecule has 0 aliphatic heterocycles. The predicted octanol–water partition coefficient (Wildman–Crippen LogP) is 1.56. The van der Waals surface area contributed by atoms with Gasteiger partial charge >= 0.3 is 5.97 Å². The van der Waals surface area contributed by atoms with Gasteiger partial charge in [0, 0.05) is 13.6 Å². The smallest absolute Gasteiger partial charge is 0.336 e. The van der Waals surface area contributed by atoms with Gasteiger partial charge < -0.3 is 15.4 Å². The summed E-state index contributed by atoms with van der Waals surface area (Å²) < 4.78 is 5.26. The quantitative estimate of drug-likeness (QED) is 0.638. The number of amides is 1. The third kappa shape index (κ3) is 3.82. The van der Waals surface area contributed by atoms with Gasteiger partial charge in [0.1, 0.15) is 6.61 Å². The number of benzene rings is 1. The third-order valence-corrected chi connectivity index (χ3v) is 3.64. The normalized spacial score (nSPS) is 13.6. The molecule has 0 unspecified atom stereocenters. The van der Waals surface area contributed by atoms with Crippen molar-refractivity contribution in [2.75, 3.05) is 13.6 Å². The van der Waals surface area contributed by atoms with E-state index >= 15 is 0 Å². The summed E-state index contributed by atoms with van der Waals surface area (Å²) in [6.07, 6.45) is 0. The van der Waals surface area contributed by atoms with Gasteiger partial charge in [-0.1, -0.05) is 44.2 Å². The Kier molecular flexibility index (Phi) is 5.90.